The number of hydrogen-bond donors (Lipinski definition) is 2. The Labute approximate surface area is 256 Å². The predicted molar refractivity (Wildman–Crippen MR) is 173 cm³/mol. The number of fused-ring (bicyclic) bond motifs is 2. The summed E-state index contributed by atoms with van der Waals surface area (Å²) in [7, 11) is 0. The molecule has 0 bridgehead atoms. The van der Waals surface area contributed by atoms with Crippen LogP contribution >= 0.6 is 0 Å². The van der Waals surface area contributed by atoms with Crippen LogP contribution in [0, 0.1) is 0 Å². The maximum absolute atomic E-state index is 12.6. The van der Waals surface area contributed by atoms with E-state index >= 15 is 0 Å². The minimum absolute atomic E-state index is 0.231. The van der Waals surface area contributed by atoms with E-state index in [0.717, 1.165) is 63.0 Å². The summed E-state index contributed by atoms with van der Waals surface area (Å²) < 4.78 is 5.99. The van der Waals surface area contributed by atoms with E-state index in [1.54, 1.807) is 9.13 Å². The van der Waals surface area contributed by atoms with Crippen LogP contribution in [0.3, 0.4) is 0 Å². The van der Waals surface area contributed by atoms with E-state index < -0.39 is 0 Å². The van der Waals surface area contributed by atoms with Crippen LogP contribution < -0.4 is 22.5 Å². The van der Waals surface area contributed by atoms with Crippen molar-refractivity contribution >= 4 is 22.3 Å². The van der Waals surface area contributed by atoms with E-state index in [2.05, 4.69) is 19.9 Å². The van der Waals surface area contributed by atoms with E-state index in [1.165, 1.54) is 34.8 Å². The Hall–Kier alpha value is -3.70. The Balaban J connectivity index is 0.000000175. The van der Waals surface area contributed by atoms with Crippen molar-refractivity contribution in [1.82, 2.24) is 38.2 Å². The van der Waals surface area contributed by atoms with Crippen molar-refractivity contribution in [3.8, 4) is 0 Å². The summed E-state index contributed by atoms with van der Waals surface area (Å²) in [5, 5.41) is 0. The molecule has 2 N–H and O–H groups in total. The minimum atomic E-state index is -0.231. The molecule has 6 rings (SSSR count). The normalized spacial score (nSPS) is 15.9. The highest BCUT2D eigenvalue weighted by Crippen LogP contribution is 2.33. The fraction of sp³-hybridized carbons (Fsp3) is 0.688. The molecule has 0 amide bonds. The molecule has 0 aromatic carbocycles. The van der Waals surface area contributed by atoms with Gasteiger partial charge in [0.15, 0.2) is 11.3 Å². The lowest BCUT2D eigenvalue weighted by Crippen LogP contribution is -2.40. The Morgan fingerprint density at radius 1 is 0.545 bits per heavy atom. The molecule has 12 nitrogen and oxygen atoms in total. The number of aromatic nitrogens is 8. The highest BCUT2D eigenvalue weighted by Gasteiger charge is 2.25. The summed E-state index contributed by atoms with van der Waals surface area (Å²) in [5.41, 5.74) is 1.12. The largest absolute Gasteiger partial charge is 0.336 e. The van der Waals surface area contributed by atoms with Gasteiger partial charge in [-0.25, -0.2) is 19.6 Å². The molecule has 4 aromatic rings. The van der Waals surface area contributed by atoms with Gasteiger partial charge >= 0.3 is 11.4 Å². The van der Waals surface area contributed by atoms with E-state index in [-0.39, 0.29) is 22.5 Å². The lowest BCUT2D eigenvalue weighted by Gasteiger charge is -2.09. The van der Waals surface area contributed by atoms with E-state index in [4.69, 9.17) is 0 Å². The van der Waals surface area contributed by atoms with Gasteiger partial charge in [0.25, 0.3) is 11.1 Å². The third kappa shape index (κ3) is 5.99. The van der Waals surface area contributed by atoms with Gasteiger partial charge in [-0.2, -0.15) is 0 Å². The number of aromatic amines is 2. The van der Waals surface area contributed by atoms with Gasteiger partial charge in [-0.15, -0.1) is 0 Å². The van der Waals surface area contributed by atoms with Crippen molar-refractivity contribution in [2.75, 3.05) is 0 Å². The highest BCUT2D eigenvalue weighted by molar-refractivity contribution is 5.70. The van der Waals surface area contributed by atoms with Crippen LogP contribution in [0.4, 0.5) is 0 Å². The second-order valence-electron chi connectivity index (χ2n) is 12.4. The fourth-order valence-corrected chi connectivity index (χ4v) is 6.85. The molecule has 0 unspecified atom stereocenters. The van der Waals surface area contributed by atoms with Crippen molar-refractivity contribution in [2.24, 2.45) is 0 Å². The summed E-state index contributed by atoms with van der Waals surface area (Å²) in [6.45, 7) is 10.1. The first kappa shape index (κ1) is 31.7. The van der Waals surface area contributed by atoms with E-state index in [1.807, 2.05) is 27.7 Å². The van der Waals surface area contributed by atoms with Gasteiger partial charge in [-0.05, 0) is 51.4 Å². The van der Waals surface area contributed by atoms with Crippen LogP contribution in [-0.4, -0.2) is 38.2 Å². The predicted octanol–water partition coefficient (Wildman–Crippen LogP) is 4.73. The van der Waals surface area contributed by atoms with E-state index in [9.17, 15) is 19.2 Å². The number of aryl methyl sites for hydroxylation is 2. The third-order valence-corrected chi connectivity index (χ3v) is 9.03. The summed E-state index contributed by atoms with van der Waals surface area (Å²) in [5.74, 6) is 2.56. The van der Waals surface area contributed by atoms with Crippen molar-refractivity contribution < 1.29 is 0 Å². The summed E-state index contributed by atoms with van der Waals surface area (Å²) in [4.78, 5) is 66.1. The number of imidazole rings is 2. The number of hydrogen-bond acceptors (Lipinski definition) is 6. The zero-order valence-electron chi connectivity index (χ0n) is 26.8. The maximum atomic E-state index is 12.6. The monoisotopic (exact) mass is 608 g/mol. The van der Waals surface area contributed by atoms with Crippen LogP contribution in [-0.2, 0) is 26.2 Å². The number of H-pyrrole nitrogens is 2. The van der Waals surface area contributed by atoms with Crippen LogP contribution in [0.2, 0.25) is 0 Å². The van der Waals surface area contributed by atoms with Gasteiger partial charge < -0.3 is 9.97 Å². The molecule has 44 heavy (non-hydrogen) atoms. The smallest absolute Gasteiger partial charge is 0.332 e. The van der Waals surface area contributed by atoms with Crippen LogP contribution in [0.1, 0.15) is 128 Å². The molecule has 0 spiro atoms. The first-order valence-electron chi connectivity index (χ1n) is 16.8. The molecule has 0 radical (unpaired) electrons. The molecule has 0 saturated heterocycles. The molecule has 0 atom stereocenters. The average Bonchev–Trinajstić information content (AvgIpc) is 3.84. The van der Waals surface area contributed by atoms with Crippen LogP contribution in [0.25, 0.3) is 22.3 Å². The first-order valence-corrected chi connectivity index (χ1v) is 16.8. The van der Waals surface area contributed by atoms with E-state index in [0.29, 0.717) is 60.3 Å². The molecule has 2 aliphatic carbocycles. The van der Waals surface area contributed by atoms with Gasteiger partial charge in [0.2, 0.25) is 0 Å². The van der Waals surface area contributed by atoms with Crippen molar-refractivity contribution in [3.63, 3.8) is 0 Å². The Kier molecular flexibility index (Phi) is 10.1. The van der Waals surface area contributed by atoms with Gasteiger partial charge in [-0.3, -0.25) is 27.9 Å². The molecule has 12 heteroatoms. The van der Waals surface area contributed by atoms with Gasteiger partial charge in [0.05, 0.1) is 0 Å². The van der Waals surface area contributed by atoms with Crippen LogP contribution in [0.15, 0.2) is 19.2 Å². The topological polar surface area (TPSA) is 145 Å². The average molecular weight is 609 g/mol. The summed E-state index contributed by atoms with van der Waals surface area (Å²) >= 11 is 0. The zero-order chi connectivity index (χ0) is 31.4. The molecule has 2 saturated carbocycles. The molecule has 240 valence electrons. The minimum Gasteiger partial charge on any atom is -0.336 e. The fourth-order valence-electron chi connectivity index (χ4n) is 6.85. The third-order valence-electron chi connectivity index (χ3n) is 9.03. The maximum Gasteiger partial charge on any atom is 0.332 e. The number of nitrogens with zero attached hydrogens (tertiary/aromatic N) is 6. The SMILES string of the molecule is CCCn1c(=O)c2[nH]c(C3CCCC3)nc2n(CCC)c1=O.CCCn1c(=O)c2[nH]c(C3CCCC3)nc2n(CCC)c1=O. The lowest BCUT2D eigenvalue weighted by molar-refractivity contribution is 0.555. The van der Waals surface area contributed by atoms with Crippen molar-refractivity contribution in [1.29, 1.82) is 0 Å². The zero-order valence-corrected chi connectivity index (χ0v) is 26.8. The highest BCUT2D eigenvalue weighted by atomic mass is 16.2. The summed E-state index contributed by atoms with van der Waals surface area (Å²) in [6.07, 6.45) is 12.5. The molecule has 4 heterocycles. The van der Waals surface area contributed by atoms with Gasteiger partial charge in [0.1, 0.15) is 22.7 Å². The second-order valence-corrected chi connectivity index (χ2v) is 12.4. The number of nitrogens with one attached hydrogen (secondary N) is 2. The molecule has 2 fully saturated rings. The standard InChI is InChI=1S/2C16H24N4O2/c2*1-3-9-19-14-12(15(21)20(10-4-2)16(19)22)17-13(18-14)11-7-5-6-8-11/h2*11H,3-10H2,1-2H3,(H,17,18). The molecular weight excluding hydrogens is 560 g/mol. The van der Waals surface area contributed by atoms with Crippen molar-refractivity contribution in [3.05, 3.63) is 53.3 Å². The van der Waals surface area contributed by atoms with Gasteiger partial charge in [0, 0.05) is 38.0 Å². The Morgan fingerprint density at radius 3 is 1.18 bits per heavy atom. The van der Waals surface area contributed by atoms with Crippen LogP contribution in [0.5, 0.6) is 0 Å². The first-order chi connectivity index (χ1) is 21.3. The lowest BCUT2D eigenvalue weighted by atomic mass is 10.1. The van der Waals surface area contributed by atoms with Crippen molar-refractivity contribution in [2.45, 2.75) is 143 Å². The molecular formula is C32H48N8O4. The molecule has 2 aliphatic rings. The number of rotatable bonds is 10. The molecule has 0 aliphatic heterocycles. The second kappa shape index (κ2) is 13.9. The summed E-state index contributed by atoms with van der Waals surface area (Å²) in [6, 6.07) is 0. The Bertz CT molecular complexity index is 1690. The molecule has 4 aromatic heterocycles. The van der Waals surface area contributed by atoms with Gasteiger partial charge in [-0.1, -0.05) is 53.4 Å². The Morgan fingerprint density at radius 2 is 0.864 bits per heavy atom. The quantitative estimate of drug-likeness (QED) is 0.266.